The van der Waals surface area contributed by atoms with Crippen molar-refractivity contribution in [3.05, 3.63) is 0 Å². The van der Waals surface area contributed by atoms with Crippen molar-refractivity contribution in [2.75, 3.05) is 6.54 Å². The van der Waals surface area contributed by atoms with Gasteiger partial charge in [0.15, 0.2) is 0 Å². The number of primary amides is 1. The van der Waals surface area contributed by atoms with E-state index in [0.717, 1.165) is 4.90 Å². The summed E-state index contributed by atoms with van der Waals surface area (Å²) in [6.07, 6.45) is -1.76. The number of hydrogen-bond donors (Lipinski definition) is 7. The molecule has 4 amide bonds. The van der Waals surface area contributed by atoms with Crippen LogP contribution in [0, 0.1) is 0 Å². The zero-order chi connectivity index (χ0) is 25.3. The zero-order valence-corrected chi connectivity index (χ0v) is 17.6. The van der Waals surface area contributed by atoms with E-state index in [1.54, 1.807) is 0 Å². The zero-order valence-electron chi connectivity index (χ0n) is 17.6. The Bertz CT molecular complexity index is 816. The Morgan fingerprint density at radius 3 is 2.09 bits per heavy atom. The van der Waals surface area contributed by atoms with Crippen LogP contribution in [0.15, 0.2) is 0 Å². The highest BCUT2D eigenvalue weighted by atomic mass is 16.4. The SMILES string of the molecule is NC(=O)CC(N)C(=O)NC(CCC(=O)O)C(=O)N1CCCC1C(=O)NC(CC(=O)O)C(=O)O. The lowest BCUT2D eigenvalue weighted by atomic mass is 10.1. The van der Waals surface area contributed by atoms with Crippen LogP contribution < -0.4 is 22.1 Å². The average molecular weight is 473 g/mol. The van der Waals surface area contributed by atoms with Crippen molar-refractivity contribution in [3.8, 4) is 0 Å². The predicted octanol–water partition coefficient (Wildman–Crippen LogP) is -3.43. The minimum Gasteiger partial charge on any atom is -0.481 e. The smallest absolute Gasteiger partial charge is 0.326 e. The van der Waals surface area contributed by atoms with E-state index in [1.165, 1.54) is 0 Å². The first kappa shape index (κ1) is 27.3. The van der Waals surface area contributed by atoms with E-state index in [-0.39, 0.29) is 19.4 Å². The highest BCUT2D eigenvalue weighted by Crippen LogP contribution is 2.20. The largest absolute Gasteiger partial charge is 0.481 e. The molecule has 1 aliphatic rings. The van der Waals surface area contributed by atoms with Gasteiger partial charge in [0.2, 0.25) is 23.6 Å². The Morgan fingerprint density at radius 2 is 1.58 bits per heavy atom. The number of carboxylic acids is 3. The van der Waals surface area contributed by atoms with Gasteiger partial charge in [-0.05, 0) is 19.3 Å². The Balaban J connectivity index is 2.99. The summed E-state index contributed by atoms with van der Waals surface area (Å²) in [4.78, 5) is 82.9. The number of carbonyl (C=O) groups is 7. The molecule has 0 spiro atoms. The van der Waals surface area contributed by atoms with Crippen molar-refractivity contribution in [2.45, 2.75) is 62.7 Å². The van der Waals surface area contributed by atoms with Crippen molar-refractivity contribution in [1.29, 1.82) is 0 Å². The van der Waals surface area contributed by atoms with Gasteiger partial charge in [-0.1, -0.05) is 0 Å². The molecule has 0 aromatic carbocycles. The molecule has 1 heterocycles. The average Bonchev–Trinajstić information content (AvgIpc) is 3.18. The summed E-state index contributed by atoms with van der Waals surface area (Å²) in [5.41, 5.74) is 10.5. The Hall–Kier alpha value is -3.75. The van der Waals surface area contributed by atoms with Gasteiger partial charge in [0.05, 0.1) is 18.9 Å². The number of likely N-dealkylation sites (tertiary alicyclic amines) is 1. The van der Waals surface area contributed by atoms with Crippen LogP contribution in [0.4, 0.5) is 0 Å². The Labute approximate surface area is 187 Å². The first-order chi connectivity index (χ1) is 15.3. The van der Waals surface area contributed by atoms with Gasteiger partial charge in [-0.15, -0.1) is 0 Å². The second-order valence-corrected chi connectivity index (χ2v) is 7.46. The molecule has 4 atom stereocenters. The third-order valence-corrected chi connectivity index (χ3v) is 4.85. The molecule has 0 radical (unpaired) electrons. The second-order valence-electron chi connectivity index (χ2n) is 7.46. The summed E-state index contributed by atoms with van der Waals surface area (Å²) in [6, 6.07) is -5.65. The van der Waals surface area contributed by atoms with Crippen LogP contribution in [-0.2, 0) is 33.6 Å². The highest BCUT2D eigenvalue weighted by molar-refractivity contribution is 5.96. The lowest BCUT2D eigenvalue weighted by molar-refractivity contribution is -0.148. The van der Waals surface area contributed by atoms with Crippen LogP contribution in [-0.4, -0.2) is 92.5 Å². The first-order valence-electron chi connectivity index (χ1n) is 9.95. The summed E-state index contributed by atoms with van der Waals surface area (Å²) in [7, 11) is 0. The van der Waals surface area contributed by atoms with Crippen molar-refractivity contribution >= 4 is 41.5 Å². The molecule has 1 aliphatic heterocycles. The molecule has 1 fully saturated rings. The van der Waals surface area contributed by atoms with Crippen LogP contribution in [0.2, 0.25) is 0 Å². The molecule has 184 valence electrons. The summed E-state index contributed by atoms with van der Waals surface area (Å²) >= 11 is 0. The molecular weight excluding hydrogens is 446 g/mol. The Kier molecular flexibility index (Phi) is 10.2. The molecule has 0 aliphatic carbocycles. The van der Waals surface area contributed by atoms with Crippen LogP contribution in [0.1, 0.15) is 38.5 Å². The fraction of sp³-hybridized carbons (Fsp3) is 0.611. The maximum Gasteiger partial charge on any atom is 0.326 e. The van der Waals surface area contributed by atoms with Crippen molar-refractivity contribution in [3.63, 3.8) is 0 Å². The lowest BCUT2D eigenvalue weighted by Gasteiger charge is -2.29. The van der Waals surface area contributed by atoms with Crippen molar-refractivity contribution < 1.29 is 48.9 Å². The van der Waals surface area contributed by atoms with Gasteiger partial charge in [-0.2, -0.15) is 0 Å². The second kappa shape index (κ2) is 12.3. The molecule has 4 unspecified atom stereocenters. The number of nitrogens with zero attached hydrogens (tertiary/aromatic N) is 1. The molecule has 1 rings (SSSR count). The Morgan fingerprint density at radius 1 is 0.939 bits per heavy atom. The number of hydrogen-bond acceptors (Lipinski definition) is 8. The minimum absolute atomic E-state index is 0.0559. The number of amides is 4. The van der Waals surface area contributed by atoms with Gasteiger partial charge >= 0.3 is 17.9 Å². The molecule has 15 nitrogen and oxygen atoms in total. The van der Waals surface area contributed by atoms with Crippen LogP contribution in [0.5, 0.6) is 0 Å². The first-order valence-corrected chi connectivity index (χ1v) is 9.95. The molecule has 9 N–H and O–H groups in total. The molecule has 1 saturated heterocycles. The van der Waals surface area contributed by atoms with E-state index in [2.05, 4.69) is 10.6 Å². The van der Waals surface area contributed by atoms with Crippen LogP contribution in [0.3, 0.4) is 0 Å². The minimum atomic E-state index is -1.72. The van der Waals surface area contributed by atoms with Crippen LogP contribution >= 0.6 is 0 Å². The van der Waals surface area contributed by atoms with E-state index >= 15 is 0 Å². The van der Waals surface area contributed by atoms with Crippen molar-refractivity contribution in [1.82, 2.24) is 15.5 Å². The third-order valence-electron chi connectivity index (χ3n) is 4.85. The molecule has 0 bridgehead atoms. The number of carbonyl (C=O) groups excluding carboxylic acids is 4. The fourth-order valence-corrected chi connectivity index (χ4v) is 3.26. The summed E-state index contributed by atoms with van der Waals surface area (Å²) in [5.74, 6) is -7.77. The standard InChI is InChI=1S/C18H27N5O10/c19-8(6-12(20)24)15(29)21-9(3-4-13(25)26)17(31)23-5-1-2-11(23)16(30)22-10(18(32)33)7-14(27)28/h8-11H,1-7,19H2,(H2,20,24)(H,21,29)(H,22,30)(H,25,26)(H,27,28)(H,32,33). The van der Waals surface area contributed by atoms with Gasteiger partial charge in [-0.3, -0.25) is 28.8 Å². The van der Waals surface area contributed by atoms with Crippen molar-refractivity contribution in [2.24, 2.45) is 11.5 Å². The molecule has 0 saturated carbocycles. The third kappa shape index (κ3) is 8.72. The van der Waals surface area contributed by atoms with Crippen LogP contribution in [0.25, 0.3) is 0 Å². The number of aliphatic carboxylic acids is 3. The topological polar surface area (TPSA) is 260 Å². The monoisotopic (exact) mass is 473 g/mol. The van der Waals surface area contributed by atoms with E-state index in [4.69, 9.17) is 26.8 Å². The predicted molar refractivity (Wildman–Crippen MR) is 107 cm³/mol. The van der Waals surface area contributed by atoms with Gasteiger partial charge in [0.1, 0.15) is 18.1 Å². The van der Waals surface area contributed by atoms with Gasteiger partial charge in [0.25, 0.3) is 0 Å². The van der Waals surface area contributed by atoms with E-state index in [0.29, 0.717) is 6.42 Å². The highest BCUT2D eigenvalue weighted by Gasteiger charge is 2.39. The summed E-state index contributed by atoms with van der Waals surface area (Å²) in [5, 5.41) is 31.2. The molecule has 33 heavy (non-hydrogen) atoms. The normalized spacial score (nSPS) is 18.0. The van der Waals surface area contributed by atoms with Gasteiger partial charge in [-0.25, -0.2) is 4.79 Å². The number of nitrogens with two attached hydrogens (primary N) is 2. The molecule has 15 heteroatoms. The fourth-order valence-electron chi connectivity index (χ4n) is 3.26. The van der Waals surface area contributed by atoms with E-state index < -0.39 is 85.0 Å². The number of nitrogens with one attached hydrogen (secondary N) is 2. The maximum atomic E-state index is 13.0. The number of carboxylic acid groups (broad SMARTS) is 3. The summed E-state index contributed by atoms with van der Waals surface area (Å²) in [6.45, 7) is 0.0559. The quantitative estimate of drug-likeness (QED) is 0.138. The maximum absolute atomic E-state index is 13.0. The molecule has 0 aromatic rings. The molecular formula is C18H27N5O10. The summed E-state index contributed by atoms with van der Waals surface area (Å²) < 4.78 is 0. The molecule has 0 aromatic heterocycles. The van der Waals surface area contributed by atoms with E-state index in [9.17, 15) is 33.6 Å². The number of rotatable bonds is 13. The van der Waals surface area contributed by atoms with E-state index in [1.807, 2.05) is 0 Å². The van der Waals surface area contributed by atoms with Gasteiger partial charge < -0.3 is 42.3 Å². The lowest BCUT2D eigenvalue weighted by Crippen LogP contribution is -2.57. The van der Waals surface area contributed by atoms with Gasteiger partial charge in [0, 0.05) is 13.0 Å².